The van der Waals surface area contributed by atoms with Crippen LogP contribution in [0.3, 0.4) is 0 Å². The fourth-order valence-electron chi connectivity index (χ4n) is 0.888. The molecule has 0 aromatic carbocycles. The lowest BCUT2D eigenvalue weighted by atomic mass is 10.4. The Balaban J connectivity index is 2.59. The van der Waals surface area contributed by atoms with E-state index in [1.807, 2.05) is 6.92 Å². The molecule has 0 bridgehead atoms. The van der Waals surface area contributed by atoms with E-state index in [4.69, 9.17) is 5.73 Å². The molecule has 1 rings (SSSR count). The molecule has 4 nitrogen and oxygen atoms in total. The van der Waals surface area contributed by atoms with Crippen LogP contribution in [0.15, 0.2) is 10.7 Å². The monoisotopic (exact) mass is 244 g/mol. The van der Waals surface area contributed by atoms with Crippen LogP contribution in [0.5, 0.6) is 0 Å². The van der Waals surface area contributed by atoms with Crippen molar-refractivity contribution in [1.82, 2.24) is 9.97 Å². The summed E-state index contributed by atoms with van der Waals surface area (Å²) in [5.74, 6) is 1.60. The Labute approximate surface area is 86.1 Å². The fraction of sp³-hybridized carbons (Fsp3) is 0.500. The zero-order chi connectivity index (χ0) is 9.68. The predicted octanol–water partition coefficient (Wildman–Crippen LogP) is 1.31. The summed E-state index contributed by atoms with van der Waals surface area (Å²) in [6.07, 6.45) is 2.68. The second kappa shape index (κ2) is 5.14. The highest BCUT2D eigenvalue weighted by atomic mass is 79.9. The predicted molar refractivity (Wildman–Crippen MR) is 56.6 cm³/mol. The Kier molecular flexibility index (Phi) is 4.11. The van der Waals surface area contributed by atoms with Gasteiger partial charge in [-0.25, -0.2) is 9.97 Å². The van der Waals surface area contributed by atoms with Crippen LogP contribution in [0.1, 0.15) is 12.2 Å². The minimum absolute atomic E-state index is 0.689. The number of halogens is 1. The van der Waals surface area contributed by atoms with Gasteiger partial charge in [0.15, 0.2) is 0 Å². The molecule has 1 aromatic heterocycles. The molecule has 0 unspecified atom stereocenters. The van der Waals surface area contributed by atoms with Gasteiger partial charge in [0.1, 0.15) is 11.6 Å². The number of aromatic nitrogens is 2. The van der Waals surface area contributed by atoms with Crippen molar-refractivity contribution in [3.63, 3.8) is 0 Å². The summed E-state index contributed by atoms with van der Waals surface area (Å²) in [6.45, 7) is 3.39. The van der Waals surface area contributed by atoms with Crippen LogP contribution >= 0.6 is 15.9 Å². The molecule has 1 aromatic rings. The van der Waals surface area contributed by atoms with Crippen molar-refractivity contribution >= 4 is 21.7 Å². The molecule has 72 valence electrons. The Morgan fingerprint density at radius 3 is 3.08 bits per heavy atom. The van der Waals surface area contributed by atoms with Crippen LogP contribution in [0, 0.1) is 6.92 Å². The first-order chi connectivity index (χ1) is 6.24. The normalized spacial score (nSPS) is 10.1. The van der Waals surface area contributed by atoms with E-state index in [2.05, 4.69) is 31.2 Å². The number of hydrogen-bond donors (Lipinski definition) is 2. The maximum absolute atomic E-state index is 5.38. The zero-order valence-corrected chi connectivity index (χ0v) is 9.13. The first-order valence-corrected chi connectivity index (χ1v) is 4.96. The van der Waals surface area contributed by atoms with E-state index in [-0.39, 0.29) is 0 Å². The number of anilines is 1. The molecule has 5 heteroatoms. The average molecular weight is 245 g/mol. The van der Waals surface area contributed by atoms with Crippen LogP contribution < -0.4 is 11.1 Å². The van der Waals surface area contributed by atoms with Crippen molar-refractivity contribution < 1.29 is 0 Å². The van der Waals surface area contributed by atoms with Crippen LogP contribution in [0.2, 0.25) is 0 Å². The van der Waals surface area contributed by atoms with Gasteiger partial charge in [-0.2, -0.15) is 0 Å². The number of rotatable bonds is 4. The van der Waals surface area contributed by atoms with Crippen LogP contribution in [-0.4, -0.2) is 23.1 Å². The van der Waals surface area contributed by atoms with Crippen molar-refractivity contribution in [2.75, 3.05) is 18.4 Å². The Hall–Kier alpha value is -0.680. The van der Waals surface area contributed by atoms with Crippen molar-refractivity contribution in [1.29, 1.82) is 0 Å². The number of aryl methyl sites for hydroxylation is 1. The molecule has 3 N–H and O–H groups in total. The van der Waals surface area contributed by atoms with Crippen molar-refractivity contribution in [2.24, 2.45) is 5.73 Å². The van der Waals surface area contributed by atoms with E-state index in [1.165, 1.54) is 0 Å². The Bertz CT molecular complexity index is 277. The highest BCUT2D eigenvalue weighted by Crippen LogP contribution is 2.17. The van der Waals surface area contributed by atoms with Crippen LogP contribution in [0.25, 0.3) is 0 Å². The van der Waals surface area contributed by atoms with Gasteiger partial charge in [-0.15, -0.1) is 0 Å². The molecule has 0 fully saturated rings. The largest absolute Gasteiger partial charge is 0.369 e. The number of nitrogens with two attached hydrogens (primary N) is 1. The SMILES string of the molecule is Cc1ncc(Br)c(NCCCN)n1. The minimum atomic E-state index is 0.689. The van der Waals surface area contributed by atoms with Crippen molar-refractivity contribution in [2.45, 2.75) is 13.3 Å². The molecule has 0 spiro atoms. The second-order valence-electron chi connectivity index (χ2n) is 2.68. The van der Waals surface area contributed by atoms with E-state index in [9.17, 15) is 0 Å². The van der Waals surface area contributed by atoms with Crippen LogP contribution in [-0.2, 0) is 0 Å². The van der Waals surface area contributed by atoms with Gasteiger partial charge in [0.05, 0.1) is 4.47 Å². The number of nitrogens with one attached hydrogen (secondary N) is 1. The zero-order valence-electron chi connectivity index (χ0n) is 7.55. The van der Waals surface area contributed by atoms with Crippen LogP contribution in [0.4, 0.5) is 5.82 Å². The summed E-state index contributed by atoms with van der Waals surface area (Å²) in [5.41, 5.74) is 5.38. The lowest BCUT2D eigenvalue weighted by Gasteiger charge is -2.06. The number of hydrogen-bond acceptors (Lipinski definition) is 4. The van der Waals surface area contributed by atoms with E-state index < -0.39 is 0 Å². The maximum Gasteiger partial charge on any atom is 0.144 e. The average Bonchev–Trinajstić information content (AvgIpc) is 2.11. The topological polar surface area (TPSA) is 63.8 Å². The summed E-state index contributed by atoms with van der Waals surface area (Å²) >= 11 is 3.36. The molecule has 0 aliphatic heterocycles. The van der Waals surface area contributed by atoms with Gasteiger partial charge < -0.3 is 11.1 Å². The standard InChI is InChI=1S/C8H13BrN4/c1-6-12-5-7(9)8(13-6)11-4-2-3-10/h5H,2-4,10H2,1H3,(H,11,12,13). The van der Waals surface area contributed by atoms with Gasteiger partial charge in [0.25, 0.3) is 0 Å². The third kappa shape index (κ3) is 3.28. The van der Waals surface area contributed by atoms with Crippen molar-refractivity contribution in [3.05, 3.63) is 16.5 Å². The summed E-state index contributed by atoms with van der Waals surface area (Å²) in [7, 11) is 0. The smallest absolute Gasteiger partial charge is 0.144 e. The number of nitrogens with zero attached hydrogens (tertiary/aromatic N) is 2. The summed E-state index contributed by atoms with van der Waals surface area (Å²) in [6, 6.07) is 0. The van der Waals surface area contributed by atoms with Gasteiger partial charge in [-0.1, -0.05) is 0 Å². The van der Waals surface area contributed by atoms with Gasteiger partial charge in [0.2, 0.25) is 0 Å². The molecule has 13 heavy (non-hydrogen) atoms. The van der Waals surface area contributed by atoms with E-state index in [0.29, 0.717) is 6.54 Å². The maximum atomic E-state index is 5.38. The first-order valence-electron chi connectivity index (χ1n) is 4.17. The molecule has 0 aliphatic carbocycles. The Morgan fingerprint density at radius 2 is 2.38 bits per heavy atom. The molecular weight excluding hydrogens is 232 g/mol. The highest BCUT2D eigenvalue weighted by molar-refractivity contribution is 9.10. The van der Waals surface area contributed by atoms with Gasteiger partial charge in [0, 0.05) is 12.7 Å². The lowest BCUT2D eigenvalue weighted by molar-refractivity contribution is 0.865. The molecular formula is C8H13BrN4. The highest BCUT2D eigenvalue weighted by Gasteiger charge is 2.00. The summed E-state index contributed by atoms with van der Waals surface area (Å²) in [4.78, 5) is 8.28. The molecule has 0 atom stereocenters. The van der Waals surface area contributed by atoms with Gasteiger partial charge in [-0.05, 0) is 35.8 Å². The molecule has 1 heterocycles. The second-order valence-corrected chi connectivity index (χ2v) is 3.54. The molecule has 0 radical (unpaired) electrons. The third-order valence-corrected chi connectivity index (χ3v) is 2.12. The quantitative estimate of drug-likeness (QED) is 0.785. The summed E-state index contributed by atoms with van der Waals surface area (Å²) < 4.78 is 0.884. The van der Waals surface area contributed by atoms with E-state index in [0.717, 1.165) is 29.1 Å². The van der Waals surface area contributed by atoms with Crippen molar-refractivity contribution in [3.8, 4) is 0 Å². The molecule has 0 saturated heterocycles. The minimum Gasteiger partial charge on any atom is -0.369 e. The van der Waals surface area contributed by atoms with E-state index in [1.54, 1.807) is 6.20 Å². The molecule has 0 amide bonds. The lowest BCUT2D eigenvalue weighted by Crippen LogP contribution is -2.10. The molecule has 0 aliphatic rings. The fourth-order valence-corrected chi connectivity index (χ4v) is 1.22. The first kappa shape index (κ1) is 10.4. The van der Waals surface area contributed by atoms with Gasteiger partial charge in [-0.3, -0.25) is 0 Å². The third-order valence-electron chi connectivity index (χ3n) is 1.54. The summed E-state index contributed by atoms with van der Waals surface area (Å²) in [5, 5.41) is 3.18. The van der Waals surface area contributed by atoms with E-state index >= 15 is 0 Å². The van der Waals surface area contributed by atoms with Gasteiger partial charge >= 0.3 is 0 Å². The Morgan fingerprint density at radius 1 is 1.62 bits per heavy atom. The molecule has 0 saturated carbocycles.